The van der Waals surface area contributed by atoms with Crippen LogP contribution in [0.15, 0.2) is 47.4 Å². The number of anilines is 1. The Morgan fingerprint density at radius 1 is 1.15 bits per heavy atom. The Hall–Kier alpha value is -2.78. The minimum absolute atomic E-state index is 0.0272. The van der Waals surface area contributed by atoms with Gasteiger partial charge in [0.25, 0.3) is 0 Å². The molecule has 1 aliphatic rings. The first kappa shape index (κ1) is 19.0. The van der Waals surface area contributed by atoms with Crippen LogP contribution in [0.1, 0.15) is 0 Å². The summed E-state index contributed by atoms with van der Waals surface area (Å²) in [5.41, 5.74) is 0.468. The summed E-state index contributed by atoms with van der Waals surface area (Å²) in [6, 6.07) is 11.3. The van der Waals surface area contributed by atoms with Gasteiger partial charge in [-0.25, -0.2) is 8.42 Å². The van der Waals surface area contributed by atoms with E-state index in [2.05, 4.69) is 5.32 Å². The second kappa shape index (κ2) is 7.85. The summed E-state index contributed by atoms with van der Waals surface area (Å²) < 4.78 is 42.5. The van der Waals surface area contributed by atoms with E-state index in [0.717, 1.165) is 4.31 Å². The van der Waals surface area contributed by atoms with E-state index in [1.165, 1.54) is 26.3 Å². The Balaban J connectivity index is 1.72. The summed E-state index contributed by atoms with van der Waals surface area (Å²) in [6.45, 7) is 0.421. The molecule has 0 unspecified atom stereocenters. The Morgan fingerprint density at radius 3 is 2.59 bits per heavy atom. The summed E-state index contributed by atoms with van der Waals surface area (Å²) in [6.07, 6.45) is 0. The normalized spacial score (nSPS) is 13.3. The van der Waals surface area contributed by atoms with E-state index in [1.54, 1.807) is 30.3 Å². The number of carbonyl (C=O) groups is 1. The van der Waals surface area contributed by atoms with Gasteiger partial charge in [0.15, 0.2) is 11.5 Å². The molecule has 0 saturated carbocycles. The van der Waals surface area contributed by atoms with E-state index in [0.29, 0.717) is 36.1 Å². The van der Waals surface area contributed by atoms with Gasteiger partial charge in [-0.15, -0.1) is 0 Å². The van der Waals surface area contributed by atoms with E-state index in [9.17, 15) is 13.2 Å². The minimum atomic E-state index is -3.87. The molecule has 27 heavy (non-hydrogen) atoms. The second-order valence-electron chi connectivity index (χ2n) is 5.82. The summed E-state index contributed by atoms with van der Waals surface area (Å²) in [5.74, 6) is 0.872. The number of nitrogens with one attached hydrogen (secondary N) is 1. The van der Waals surface area contributed by atoms with Gasteiger partial charge in [0, 0.05) is 13.1 Å². The van der Waals surface area contributed by atoms with E-state index >= 15 is 0 Å². The molecule has 0 fully saturated rings. The van der Waals surface area contributed by atoms with Gasteiger partial charge in [0.2, 0.25) is 15.9 Å². The van der Waals surface area contributed by atoms with Crippen LogP contribution in [0.2, 0.25) is 0 Å². The van der Waals surface area contributed by atoms with Gasteiger partial charge < -0.3 is 19.5 Å². The third kappa shape index (κ3) is 4.15. The number of nitrogens with zero attached hydrogens (tertiary/aromatic N) is 1. The molecule has 1 aliphatic heterocycles. The van der Waals surface area contributed by atoms with Gasteiger partial charge in [-0.05, 0) is 24.3 Å². The lowest BCUT2D eigenvalue weighted by molar-refractivity contribution is -0.116. The molecule has 0 atom stereocenters. The van der Waals surface area contributed by atoms with E-state index in [1.807, 2.05) is 0 Å². The van der Waals surface area contributed by atoms with Crippen LogP contribution in [0.4, 0.5) is 5.69 Å². The van der Waals surface area contributed by atoms with E-state index in [-0.39, 0.29) is 11.4 Å². The maximum absolute atomic E-state index is 12.8. The molecule has 0 spiro atoms. The largest absolute Gasteiger partial charge is 0.495 e. The molecule has 0 aromatic heterocycles. The lowest BCUT2D eigenvalue weighted by Crippen LogP contribution is -2.35. The van der Waals surface area contributed by atoms with Gasteiger partial charge in [0.1, 0.15) is 19.0 Å². The lowest BCUT2D eigenvalue weighted by Gasteiger charge is -2.21. The fourth-order valence-electron chi connectivity index (χ4n) is 2.59. The van der Waals surface area contributed by atoms with Crippen LogP contribution in [0, 0.1) is 0 Å². The number of sulfonamides is 1. The van der Waals surface area contributed by atoms with Crippen molar-refractivity contribution in [1.29, 1.82) is 0 Å². The first-order chi connectivity index (χ1) is 12.9. The molecule has 2 aromatic rings. The second-order valence-corrected chi connectivity index (χ2v) is 7.86. The quantitative estimate of drug-likeness (QED) is 0.805. The molecule has 0 aliphatic carbocycles. The van der Waals surface area contributed by atoms with Crippen LogP contribution >= 0.6 is 0 Å². The molecule has 3 rings (SSSR count). The predicted octanol–water partition coefficient (Wildman–Crippen LogP) is 1.73. The summed E-state index contributed by atoms with van der Waals surface area (Å²) in [4.78, 5) is 12.3. The van der Waals surface area contributed by atoms with Crippen molar-refractivity contribution in [2.24, 2.45) is 0 Å². The topological polar surface area (TPSA) is 94.2 Å². The van der Waals surface area contributed by atoms with Crippen molar-refractivity contribution in [2.75, 3.05) is 39.2 Å². The fourth-order valence-corrected chi connectivity index (χ4v) is 3.73. The van der Waals surface area contributed by atoms with E-state index < -0.39 is 15.9 Å². The molecule has 0 bridgehead atoms. The fraction of sp³-hybridized carbons (Fsp3) is 0.278. The molecular weight excluding hydrogens is 372 g/mol. The highest BCUT2D eigenvalue weighted by atomic mass is 32.2. The standard InChI is InChI=1S/C18H20N2O6S/c1-20(12-18(21)19-14-5-3-4-6-15(14)24-2)27(22,23)13-7-8-16-17(11-13)26-10-9-25-16/h3-8,11H,9-10,12H2,1-2H3,(H,19,21). The molecule has 0 radical (unpaired) electrons. The van der Waals surface area contributed by atoms with Crippen LogP contribution < -0.4 is 19.5 Å². The van der Waals surface area contributed by atoms with E-state index in [4.69, 9.17) is 14.2 Å². The average molecular weight is 392 g/mol. The first-order valence-electron chi connectivity index (χ1n) is 8.20. The van der Waals surface area contributed by atoms with Crippen LogP contribution in [-0.2, 0) is 14.8 Å². The number of para-hydroxylation sites is 2. The number of rotatable bonds is 6. The third-order valence-electron chi connectivity index (χ3n) is 3.97. The number of hydrogen-bond acceptors (Lipinski definition) is 6. The van der Waals surface area contributed by atoms with Crippen LogP contribution in [0.5, 0.6) is 17.2 Å². The highest BCUT2D eigenvalue weighted by Gasteiger charge is 2.25. The van der Waals surface area contributed by atoms with Gasteiger partial charge in [-0.1, -0.05) is 12.1 Å². The molecule has 8 nitrogen and oxygen atoms in total. The van der Waals surface area contributed by atoms with Crippen molar-refractivity contribution < 1.29 is 27.4 Å². The number of ether oxygens (including phenoxy) is 3. The number of fused-ring (bicyclic) bond motifs is 1. The van der Waals surface area contributed by atoms with Crippen molar-refractivity contribution in [2.45, 2.75) is 4.90 Å². The van der Waals surface area contributed by atoms with Crippen molar-refractivity contribution in [3.8, 4) is 17.2 Å². The number of likely N-dealkylation sites (N-methyl/N-ethyl adjacent to an activating group) is 1. The first-order valence-corrected chi connectivity index (χ1v) is 9.64. The zero-order valence-electron chi connectivity index (χ0n) is 15.0. The monoisotopic (exact) mass is 392 g/mol. The minimum Gasteiger partial charge on any atom is -0.495 e. The Bertz CT molecular complexity index is 945. The van der Waals surface area contributed by atoms with Gasteiger partial charge in [-0.2, -0.15) is 4.31 Å². The van der Waals surface area contributed by atoms with Crippen molar-refractivity contribution in [3.05, 3.63) is 42.5 Å². The maximum Gasteiger partial charge on any atom is 0.243 e. The number of hydrogen-bond donors (Lipinski definition) is 1. The summed E-state index contributed by atoms with van der Waals surface area (Å²) in [7, 11) is -1.04. The summed E-state index contributed by atoms with van der Waals surface area (Å²) >= 11 is 0. The molecule has 1 amide bonds. The van der Waals surface area contributed by atoms with Gasteiger partial charge in [-0.3, -0.25) is 4.79 Å². The Labute approximate surface area is 157 Å². The number of benzene rings is 2. The third-order valence-corrected chi connectivity index (χ3v) is 5.77. The average Bonchev–Trinajstić information content (AvgIpc) is 2.67. The predicted molar refractivity (Wildman–Crippen MR) is 98.9 cm³/mol. The lowest BCUT2D eigenvalue weighted by atomic mass is 10.3. The van der Waals surface area contributed by atoms with Crippen molar-refractivity contribution in [1.82, 2.24) is 4.31 Å². The summed E-state index contributed by atoms with van der Waals surface area (Å²) in [5, 5.41) is 2.65. The maximum atomic E-state index is 12.8. The molecule has 144 valence electrons. The van der Waals surface area contributed by atoms with Gasteiger partial charge >= 0.3 is 0 Å². The number of carbonyl (C=O) groups excluding carboxylic acids is 1. The van der Waals surface area contributed by atoms with Crippen LogP contribution in [0.3, 0.4) is 0 Å². The Kier molecular flexibility index (Phi) is 5.52. The molecule has 1 heterocycles. The van der Waals surface area contributed by atoms with Crippen molar-refractivity contribution in [3.63, 3.8) is 0 Å². The molecule has 2 aromatic carbocycles. The smallest absolute Gasteiger partial charge is 0.243 e. The number of methoxy groups -OCH3 is 1. The SMILES string of the molecule is COc1ccccc1NC(=O)CN(C)S(=O)(=O)c1ccc2c(c1)OCCO2. The molecule has 9 heteroatoms. The Morgan fingerprint density at radius 2 is 1.85 bits per heavy atom. The van der Waals surface area contributed by atoms with Crippen LogP contribution in [0.25, 0.3) is 0 Å². The van der Waals surface area contributed by atoms with Gasteiger partial charge in [0.05, 0.1) is 24.2 Å². The van der Waals surface area contributed by atoms with Crippen LogP contribution in [-0.4, -0.2) is 52.5 Å². The highest BCUT2D eigenvalue weighted by Crippen LogP contribution is 2.33. The zero-order valence-corrected chi connectivity index (χ0v) is 15.8. The molecule has 1 N–H and O–H groups in total. The molecular formula is C18H20N2O6S. The molecule has 0 saturated heterocycles. The zero-order chi connectivity index (χ0) is 19.4. The highest BCUT2D eigenvalue weighted by molar-refractivity contribution is 7.89. The number of amides is 1. The van der Waals surface area contributed by atoms with Crippen molar-refractivity contribution >= 4 is 21.6 Å².